The quantitative estimate of drug-likeness (QED) is 0.820. The van der Waals surface area contributed by atoms with Crippen molar-refractivity contribution in [1.29, 1.82) is 0 Å². The molecule has 1 rings (SSSR count). The predicted molar refractivity (Wildman–Crippen MR) is 75.8 cm³/mol. The van der Waals surface area contributed by atoms with E-state index in [4.69, 9.17) is 23.2 Å². The molecule has 0 aliphatic heterocycles. The molecule has 0 aromatic heterocycles. The van der Waals surface area contributed by atoms with Crippen molar-refractivity contribution in [2.75, 3.05) is 12.4 Å². The predicted octanol–water partition coefficient (Wildman–Crippen LogP) is 3.27. The van der Waals surface area contributed by atoms with Crippen LogP contribution in [0.25, 0.3) is 0 Å². The van der Waals surface area contributed by atoms with Gasteiger partial charge in [-0.2, -0.15) is 0 Å². The van der Waals surface area contributed by atoms with Crippen LogP contribution in [0.2, 0.25) is 5.02 Å². The van der Waals surface area contributed by atoms with Gasteiger partial charge in [-0.15, -0.1) is 11.6 Å². The third kappa shape index (κ3) is 4.76. The highest BCUT2D eigenvalue weighted by Crippen LogP contribution is 2.21. The average molecular weight is 310 g/mol. The molecule has 0 saturated carbocycles. The summed E-state index contributed by atoms with van der Waals surface area (Å²) in [4.78, 5) is 0.216. The molecule has 0 bridgehead atoms. The van der Waals surface area contributed by atoms with E-state index in [-0.39, 0.29) is 10.3 Å². The first-order valence-electron chi connectivity index (χ1n) is 5.58. The van der Waals surface area contributed by atoms with Gasteiger partial charge in [-0.05, 0) is 36.1 Å². The third-order valence-corrected chi connectivity index (χ3v) is 4.49. The molecule has 1 aromatic carbocycles. The normalized spacial score (nSPS) is 12.7. The van der Waals surface area contributed by atoms with Crippen LogP contribution >= 0.6 is 23.2 Å². The molecule has 0 spiro atoms. The molecule has 0 fully saturated rings. The largest absolute Gasteiger partial charge is 0.240 e. The van der Waals surface area contributed by atoms with E-state index in [9.17, 15) is 8.42 Å². The first-order valence-corrected chi connectivity index (χ1v) is 7.98. The van der Waals surface area contributed by atoms with Crippen LogP contribution in [0.3, 0.4) is 0 Å². The maximum absolute atomic E-state index is 12.0. The number of halogens is 2. The zero-order chi connectivity index (χ0) is 13.8. The zero-order valence-corrected chi connectivity index (χ0v) is 12.7. The molecule has 0 atom stereocenters. The van der Waals surface area contributed by atoms with Crippen molar-refractivity contribution in [3.63, 3.8) is 0 Å². The van der Waals surface area contributed by atoms with E-state index in [0.717, 1.165) is 6.42 Å². The summed E-state index contributed by atoms with van der Waals surface area (Å²) in [6, 6.07) is 6.08. The Labute approximate surface area is 119 Å². The van der Waals surface area contributed by atoms with Gasteiger partial charge < -0.3 is 0 Å². The smallest absolute Gasteiger partial charge is 0.211 e. The average Bonchev–Trinajstić information content (AvgIpc) is 2.27. The van der Waals surface area contributed by atoms with E-state index in [2.05, 4.69) is 4.72 Å². The molecular formula is C12H17Cl2NO2S. The van der Waals surface area contributed by atoms with E-state index < -0.39 is 10.0 Å². The Morgan fingerprint density at radius 3 is 2.28 bits per heavy atom. The van der Waals surface area contributed by atoms with Gasteiger partial charge in [0.1, 0.15) is 0 Å². The summed E-state index contributed by atoms with van der Waals surface area (Å²) in [5.41, 5.74) is -0.165. The molecule has 18 heavy (non-hydrogen) atoms. The number of alkyl halides is 1. The topological polar surface area (TPSA) is 46.2 Å². The van der Waals surface area contributed by atoms with Crippen molar-refractivity contribution in [2.45, 2.75) is 25.2 Å². The van der Waals surface area contributed by atoms with Crippen molar-refractivity contribution in [3.05, 3.63) is 29.3 Å². The van der Waals surface area contributed by atoms with Gasteiger partial charge in [0.15, 0.2) is 0 Å². The van der Waals surface area contributed by atoms with Gasteiger partial charge in [-0.3, -0.25) is 0 Å². The van der Waals surface area contributed by atoms with Crippen molar-refractivity contribution in [3.8, 4) is 0 Å². The van der Waals surface area contributed by atoms with E-state index in [1.54, 1.807) is 12.1 Å². The van der Waals surface area contributed by atoms with Crippen LogP contribution in [0.15, 0.2) is 29.2 Å². The molecule has 3 nitrogen and oxygen atoms in total. The lowest BCUT2D eigenvalue weighted by molar-refractivity contribution is 0.352. The van der Waals surface area contributed by atoms with Crippen LogP contribution in [-0.4, -0.2) is 20.8 Å². The Balaban J connectivity index is 2.74. The molecule has 0 radical (unpaired) electrons. The molecule has 0 aliphatic carbocycles. The van der Waals surface area contributed by atoms with E-state index in [1.165, 1.54) is 12.1 Å². The molecule has 0 heterocycles. The minimum atomic E-state index is -3.48. The maximum atomic E-state index is 12.0. The fraction of sp³-hybridized carbons (Fsp3) is 0.500. The number of hydrogen-bond acceptors (Lipinski definition) is 2. The Hall–Kier alpha value is -0.290. The standard InChI is InChI=1S/C12H17Cl2NO2S/c1-12(2,7-8-13)9-15-18(16,17)11-5-3-10(14)4-6-11/h3-6,15H,7-9H2,1-2H3. The van der Waals surface area contributed by atoms with Gasteiger partial charge in [0.2, 0.25) is 10.0 Å². The second-order valence-electron chi connectivity index (χ2n) is 4.88. The third-order valence-electron chi connectivity index (χ3n) is 2.64. The molecule has 1 N–H and O–H groups in total. The molecule has 1 aromatic rings. The van der Waals surface area contributed by atoms with Crippen LogP contribution < -0.4 is 4.72 Å². The fourth-order valence-electron chi connectivity index (χ4n) is 1.33. The first-order chi connectivity index (χ1) is 8.27. The van der Waals surface area contributed by atoms with Crippen molar-refractivity contribution >= 4 is 33.2 Å². The Kier molecular flexibility index (Phi) is 5.46. The van der Waals surface area contributed by atoms with Crippen LogP contribution in [0, 0.1) is 5.41 Å². The lowest BCUT2D eigenvalue weighted by Crippen LogP contribution is -2.34. The Morgan fingerprint density at radius 2 is 1.78 bits per heavy atom. The molecule has 0 saturated heterocycles. The maximum Gasteiger partial charge on any atom is 0.240 e. The van der Waals surface area contributed by atoms with Crippen LogP contribution in [0.5, 0.6) is 0 Å². The SMILES string of the molecule is CC(C)(CCCl)CNS(=O)(=O)c1ccc(Cl)cc1. The van der Waals surface area contributed by atoms with Gasteiger partial charge in [0.05, 0.1) is 4.90 Å². The highest BCUT2D eigenvalue weighted by Gasteiger charge is 2.21. The summed E-state index contributed by atoms with van der Waals surface area (Å²) in [6.45, 7) is 4.30. The first kappa shape index (κ1) is 15.8. The number of benzene rings is 1. The molecular weight excluding hydrogens is 293 g/mol. The lowest BCUT2D eigenvalue weighted by Gasteiger charge is -2.23. The van der Waals surface area contributed by atoms with Crippen LogP contribution in [0.1, 0.15) is 20.3 Å². The van der Waals surface area contributed by atoms with Gasteiger partial charge in [0, 0.05) is 17.4 Å². The zero-order valence-electron chi connectivity index (χ0n) is 10.4. The highest BCUT2D eigenvalue weighted by molar-refractivity contribution is 7.89. The monoisotopic (exact) mass is 309 g/mol. The summed E-state index contributed by atoms with van der Waals surface area (Å²) in [7, 11) is -3.48. The van der Waals surface area contributed by atoms with Gasteiger partial charge in [-0.25, -0.2) is 13.1 Å². The van der Waals surface area contributed by atoms with Crippen molar-refractivity contribution in [1.82, 2.24) is 4.72 Å². The Bertz CT molecular complexity index is 483. The highest BCUT2D eigenvalue weighted by atomic mass is 35.5. The molecule has 0 aliphatic rings. The molecule has 6 heteroatoms. The second kappa shape index (κ2) is 6.24. The minimum absolute atomic E-state index is 0.165. The van der Waals surface area contributed by atoms with Crippen molar-refractivity contribution in [2.24, 2.45) is 5.41 Å². The minimum Gasteiger partial charge on any atom is -0.211 e. The summed E-state index contributed by atoms with van der Waals surface area (Å²) < 4.78 is 26.6. The molecule has 0 amide bonds. The summed E-state index contributed by atoms with van der Waals surface area (Å²) >= 11 is 11.4. The molecule has 0 unspecified atom stereocenters. The number of nitrogens with one attached hydrogen (secondary N) is 1. The summed E-state index contributed by atoms with van der Waals surface area (Å²) in [5, 5.41) is 0.511. The Morgan fingerprint density at radius 1 is 1.22 bits per heavy atom. The van der Waals surface area contributed by atoms with E-state index >= 15 is 0 Å². The second-order valence-corrected chi connectivity index (χ2v) is 7.46. The van der Waals surface area contributed by atoms with Gasteiger partial charge in [-0.1, -0.05) is 25.4 Å². The van der Waals surface area contributed by atoms with E-state index in [0.29, 0.717) is 17.4 Å². The van der Waals surface area contributed by atoms with Gasteiger partial charge >= 0.3 is 0 Å². The van der Waals surface area contributed by atoms with Crippen LogP contribution in [0.4, 0.5) is 0 Å². The van der Waals surface area contributed by atoms with Crippen molar-refractivity contribution < 1.29 is 8.42 Å². The van der Waals surface area contributed by atoms with Gasteiger partial charge in [0.25, 0.3) is 0 Å². The van der Waals surface area contributed by atoms with E-state index in [1.807, 2.05) is 13.8 Å². The summed E-state index contributed by atoms with van der Waals surface area (Å²) in [5.74, 6) is 0.510. The summed E-state index contributed by atoms with van der Waals surface area (Å²) in [6.07, 6.45) is 0.748. The number of sulfonamides is 1. The lowest BCUT2D eigenvalue weighted by atomic mass is 9.91. The number of rotatable bonds is 6. The fourth-order valence-corrected chi connectivity index (χ4v) is 3.21. The molecule has 102 valence electrons. The van der Waals surface area contributed by atoms with Crippen LogP contribution in [-0.2, 0) is 10.0 Å². The number of hydrogen-bond donors (Lipinski definition) is 1.